The minimum atomic E-state index is -5.27. The van der Waals surface area contributed by atoms with E-state index in [0.29, 0.717) is 37.1 Å². The van der Waals surface area contributed by atoms with E-state index in [1.54, 1.807) is 36.9 Å². The molecule has 8 nitrogen and oxygen atoms in total. The number of carbonyl (C=O) groups excluding carboxylic acids is 2. The van der Waals surface area contributed by atoms with Gasteiger partial charge in [-0.05, 0) is 43.0 Å². The molecule has 3 aromatic rings. The van der Waals surface area contributed by atoms with E-state index in [4.69, 9.17) is 0 Å². The number of alkyl halides is 3. The van der Waals surface area contributed by atoms with Crippen LogP contribution in [0.15, 0.2) is 43.0 Å². The second kappa shape index (κ2) is 8.77. The van der Waals surface area contributed by atoms with E-state index >= 15 is 0 Å². The van der Waals surface area contributed by atoms with E-state index < -0.39 is 18.1 Å². The zero-order valence-corrected chi connectivity index (χ0v) is 16.7. The highest BCUT2D eigenvalue weighted by Gasteiger charge is 2.43. The minimum Gasteiger partial charge on any atom is -0.384 e. The molecule has 0 saturated carbocycles. The van der Waals surface area contributed by atoms with Gasteiger partial charge in [0.2, 0.25) is 0 Å². The Balaban J connectivity index is 1.59. The summed E-state index contributed by atoms with van der Waals surface area (Å²) < 4.78 is 43.3. The molecule has 1 aliphatic carbocycles. The summed E-state index contributed by atoms with van der Waals surface area (Å²) in [6, 6.07) is 5.36. The van der Waals surface area contributed by atoms with Crippen molar-refractivity contribution in [1.82, 2.24) is 19.7 Å². The van der Waals surface area contributed by atoms with E-state index in [2.05, 4.69) is 25.1 Å². The molecule has 11 heteroatoms. The largest absolute Gasteiger partial charge is 0.491 e. The van der Waals surface area contributed by atoms with Gasteiger partial charge in [-0.2, -0.15) is 18.3 Å². The van der Waals surface area contributed by atoms with Crippen LogP contribution >= 0.6 is 0 Å². The number of fused-ring (bicyclic) bond motifs is 3. The van der Waals surface area contributed by atoms with Crippen LogP contribution < -0.4 is 5.32 Å². The fourth-order valence-corrected chi connectivity index (χ4v) is 3.58. The first-order chi connectivity index (χ1) is 15.3. The topological polar surface area (TPSA) is 99.0 Å². The molecule has 0 unspecified atom stereocenters. The molecule has 0 radical (unpaired) electrons. The molecule has 1 N–H and O–H groups in total. The van der Waals surface area contributed by atoms with Crippen molar-refractivity contribution < 1.29 is 27.5 Å². The van der Waals surface area contributed by atoms with Crippen molar-refractivity contribution in [1.29, 1.82) is 0 Å². The van der Waals surface area contributed by atoms with Gasteiger partial charge in [-0.15, -0.1) is 0 Å². The first-order valence-corrected chi connectivity index (χ1v) is 9.85. The second-order valence-electron chi connectivity index (χ2n) is 7.13. The lowest BCUT2D eigenvalue weighted by molar-refractivity contribution is -0.193. The maximum Gasteiger partial charge on any atom is 0.491 e. The third kappa shape index (κ3) is 4.46. The van der Waals surface area contributed by atoms with Gasteiger partial charge in [0.05, 0.1) is 11.4 Å². The third-order valence-electron chi connectivity index (χ3n) is 5.00. The Morgan fingerprint density at radius 3 is 2.69 bits per heavy atom. The Labute approximate surface area is 180 Å². The summed E-state index contributed by atoms with van der Waals surface area (Å²) in [5.74, 6) is -3.92. The summed E-state index contributed by atoms with van der Waals surface area (Å²) in [6.45, 7) is 0.734. The summed E-state index contributed by atoms with van der Waals surface area (Å²) in [5, 5.41) is 7.64. The van der Waals surface area contributed by atoms with Crippen LogP contribution in [-0.4, -0.2) is 44.4 Å². The molecule has 0 aliphatic heterocycles. The zero-order chi connectivity index (χ0) is 22.7. The number of nitrogens with zero attached hydrogens (tertiary/aromatic N) is 4. The van der Waals surface area contributed by atoms with Crippen LogP contribution in [0.2, 0.25) is 0 Å². The van der Waals surface area contributed by atoms with E-state index in [1.165, 1.54) is 4.68 Å². The van der Waals surface area contributed by atoms with E-state index in [9.17, 15) is 22.8 Å². The molecule has 0 amide bonds. The number of hydrogen-bond acceptors (Lipinski definition) is 7. The number of aryl methyl sites for hydroxylation is 2. The lowest BCUT2D eigenvalue weighted by Crippen LogP contribution is -2.29. The fraction of sp³-hybridized carbons (Fsp3) is 0.286. The molecule has 0 atom stereocenters. The summed E-state index contributed by atoms with van der Waals surface area (Å²) in [7, 11) is 0. The van der Waals surface area contributed by atoms with Gasteiger partial charge in [-0.1, -0.05) is 0 Å². The maximum absolute atomic E-state index is 12.6. The Kier molecular flexibility index (Phi) is 5.89. The third-order valence-corrected chi connectivity index (χ3v) is 5.00. The Bertz CT molecular complexity index is 1150. The SMILES string of the molecule is O=C(OC(=O)C(F)(F)F)c1c2c(nn1CCCNc1cccnc1)-c1ccncc1CC2. The molecule has 3 heterocycles. The monoisotopic (exact) mass is 445 g/mol. The predicted molar refractivity (Wildman–Crippen MR) is 107 cm³/mol. The van der Waals surface area contributed by atoms with Gasteiger partial charge in [0.15, 0.2) is 5.69 Å². The molecule has 32 heavy (non-hydrogen) atoms. The van der Waals surface area contributed by atoms with E-state index in [1.807, 2.05) is 6.07 Å². The van der Waals surface area contributed by atoms with Gasteiger partial charge in [0.25, 0.3) is 0 Å². The number of anilines is 1. The van der Waals surface area contributed by atoms with Crippen molar-refractivity contribution in [2.75, 3.05) is 11.9 Å². The zero-order valence-electron chi connectivity index (χ0n) is 16.7. The van der Waals surface area contributed by atoms with Gasteiger partial charge in [-0.25, -0.2) is 9.59 Å². The van der Waals surface area contributed by atoms with Crippen LogP contribution in [0.1, 0.15) is 28.0 Å². The molecule has 0 fully saturated rings. The van der Waals surface area contributed by atoms with Crippen LogP contribution in [0, 0.1) is 0 Å². The fourth-order valence-electron chi connectivity index (χ4n) is 3.58. The van der Waals surface area contributed by atoms with Crippen LogP contribution in [-0.2, 0) is 28.9 Å². The number of aromatic nitrogens is 4. The normalized spacial score (nSPS) is 12.6. The highest BCUT2D eigenvalue weighted by Crippen LogP contribution is 2.34. The van der Waals surface area contributed by atoms with Gasteiger partial charge < -0.3 is 10.1 Å². The second-order valence-corrected chi connectivity index (χ2v) is 7.13. The first kappa shape index (κ1) is 21.5. The molecule has 0 aromatic carbocycles. The number of rotatable bonds is 6. The minimum absolute atomic E-state index is 0.138. The Morgan fingerprint density at radius 2 is 1.94 bits per heavy atom. The van der Waals surface area contributed by atoms with Gasteiger partial charge >= 0.3 is 18.1 Å². The number of nitrogens with one attached hydrogen (secondary N) is 1. The molecule has 4 rings (SSSR count). The van der Waals surface area contributed by atoms with Crippen LogP contribution in [0.5, 0.6) is 0 Å². The molecular formula is C21H18F3N5O3. The number of halogens is 3. The van der Waals surface area contributed by atoms with Crippen molar-refractivity contribution in [3.8, 4) is 11.3 Å². The van der Waals surface area contributed by atoms with Gasteiger partial charge in [0, 0.05) is 49.0 Å². The predicted octanol–water partition coefficient (Wildman–Crippen LogP) is 3.19. The van der Waals surface area contributed by atoms with Crippen molar-refractivity contribution >= 4 is 17.6 Å². The molecule has 0 spiro atoms. The number of esters is 2. The first-order valence-electron chi connectivity index (χ1n) is 9.85. The summed E-state index contributed by atoms with van der Waals surface area (Å²) in [4.78, 5) is 31.9. The quantitative estimate of drug-likeness (QED) is 0.353. The Hall–Kier alpha value is -3.76. The molecule has 0 bridgehead atoms. The lowest BCUT2D eigenvalue weighted by Gasteiger charge is -2.15. The molecule has 166 valence electrons. The number of ether oxygens (including phenoxy) is 1. The van der Waals surface area contributed by atoms with Gasteiger partial charge in [0.1, 0.15) is 0 Å². The van der Waals surface area contributed by atoms with Crippen LogP contribution in [0.3, 0.4) is 0 Å². The lowest BCUT2D eigenvalue weighted by atomic mass is 9.90. The van der Waals surface area contributed by atoms with Crippen LogP contribution in [0.25, 0.3) is 11.3 Å². The van der Waals surface area contributed by atoms with E-state index in [-0.39, 0.29) is 12.2 Å². The molecule has 1 aliphatic rings. The average molecular weight is 445 g/mol. The van der Waals surface area contributed by atoms with Crippen molar-refractivity contribution in [2.45, 2.75) is 32.0 Å². The van der Waals surface area contributed by atoms with Crippen molar-refractivity contribution in [2.24, 2.45) is 0 Å². The molecule has 3 aromatic heterocycles. The maximum atomic E-state index is 12.6. The van der Waals surface area contributed by atoms with Crippen molar-refractivity contribution in [3.63, 3.8) is 0 Å². The summed E-state index contributed by atoms with van der Waals surface area (Å²) in [6.07, 6.45) is 2.72. The smallest absolute Gasteiger partial charge is 0.384 e. The van der Waals surface area contributed by atoms with Crippen molar-refractivity contribution in [3.05, 3.63) is 59.8 Å². The standard InChI is InChI=1S/C21H18F3N5O3/c22-21(23,24)20(31)32-19(30)18-16-5-4-13-11-26-9-6-15(13)17(16)28-29(18)10-2-8-27-14-3-1-7-25-12-14/h1,3,6-7,9,11-12,27H,2,4-5,8,10H2. The number of hydrogen-bond donors (Lipinski definition) is 1. The molecule has 0 saturated heterocycles. The Morgan fingerprint density at radius 1 is 1.12 bits per heavy atom. The summed E-state index contributed by atoms with van der Waals surface area (Å²) in [5.41, 5.74) is 3.30. The molecular weight excluding hydrogens is 427 g/mol. The van der Waals surface area contributed by atoms with Gasteiger partial charge in [-0.3, -0.25) is 14.6 Å². The highest BCUT2D eigenvalue weighted by atomic mass is 19.4. The highest BCUT2D eigenvalue weighted by molar-refractivity contribution is 5.99. The number of carbonyl (C=O) groups is 2. The van der Waals surface area contributed by atoms with Crippen LogP contribution in [0.4, 0.5) is 18.9 Å². The average Bonchev–Trinajstić information content (AvgIpc) is 3.15. The summed E-state index contributed by atoms with van der Waals surface area (Å²) >= 11 is 0. The van der Waals surface area contributed by atoms with E-state index in [0.717, 1.165) is 16.8 Å². The number of pyridine rings is 2.